The van der Waals surface area contributed by atoms with E-state index in [1.54, 1.807) is 6.20 Å². The lowest BCUT2D eigenvalue weighted by atomic mass is 10.2. The van der Waals surface area contributed by atoms with Gasteiger partial charge in [0, 0.05) is 39.2 Å². The van der Waals surface area contributed by atoms with Crippen LogP contribution in [0.4, 0.5) is 0 Å². The molecule has 6 nitrogen and oxygen atoms in total. The summed E-state index contributed by atoms with van der Waals surface area (Å²) in [5.41, 5.74) is 2.29. The fraction of sp³-hybridized carbons (Fsp3) is 0.250. The third kappa shape index (κ3) is 4.47. The largest absolute Gasteiger partial charge is 0.352 e. The van der Waals surface area contributed by atoms with E-state index in [2.05, 4.69) is 33.5 Å². The Hall–Kier alpha value is -3.15. The van der Waals surface area contributed by atoms with E-state index in [-0.39, 0.29) is 0 Å². The Labute approximate surface area is 154 Å². The van der Waals surface area contributed by atoms with Crippen LogP contribution in [0.2, 0.25) is 0 Å². The predicted molar refractivity (Wildman–Crippen MR) is 104 cm³/mol. The number of rotatable bonds is 5. The summed E-state index contributed by atoms with van der Waals surface area (Å²) in [5.74, 6) is 2.63. The Morgan fingerprint density at radius 1 is 1.08 bits per heavy atom. The highest BCUT2D eigenvalue weighted by Gasteiger charge is 2.04. The van der Waals surface area contributed by atoms with Crippen molar-refractivity contribution in [3.05, 3.63) is 78.0 Å². The highest BCUT2D eigenvalue weighted by atomic mass is 15.3. The van der Waals surface area contributed by atoms with Crippen LogP contribution < -0.4 is 5.32 Å². The van der Waals surface area contributed by atoms with Crippen LogP contribution in [0, 0.1) is 6.92 Å². The summed E-state index contributed by atoms with van der Waals surface area (Å²) in [4.78, 5) is 15.4. The standard InChI is InChI=1S/C20H24N6/c1-16-21-11-12-26(16)19-10-9-18(14-22-19)15-24-20(25(2)3)23-13-17-7-5-4-6-8-17/h4-12,14H,13,15H2,1-3H3,(H,23,24). The van der Waals surface area contributed by atoms with Crippen molar-refractivity contribution >= 4 is 5.96 Å². The van der Waals surface area contributed by atoms with Gasteiger partial charge in [-0.2, -0.15) is 0 Å². The zero-order valence-electron chi connectivity index (χ0n) is 15.4. The van der Waals surface area contributed by atoms with E-state index >= 15 is 0 Å². The topological polar surface area (TPSA) is 58.3 Å². The van der Waals surface area contributed by atoms with Crippen molar-refractivity contribution in [1.82, 2.24) is 24.8 Å². The lowest BCUT2D eigenvalue weighted by Crippen LogP contribution is -2.36. The van der Waals surface area contributed by atoms with Gasteiger partial charge in [-0.25, -0.2) is 15.0 Å². The molecule has 2 heterocycles. The number of aryl methyl sites for hydroxylation is 1. The van der Waals surface area contributed by atoms with Crippen LogP contribution in [0.15, 0.2) is 66.0 Å². The summed E-state index contributed by atoms with van der Waals surface area (Å²) in [6.07, 6.45) is 5.55. The van der Waals surface area contributed by atoms with Crippen molar-refractivity contribution in [3.8, 4) is 5.82 Å². The average molecular weight is 348 g/mol. The number of imidazole rings is 1. The summed E-state index contributed by atoms with van der Waals surface area (Å²) in [6.45, 7) is 3.28. The number of aromatic nitrogens is 3. The quantitative estimate of drug-likeness (QED) is 0.569. The third-order valence-electron chi connectivity index (χ3n) is 4.01. The van der Waals surface area contributed by atoms with Gasteiger partial charge in [0.15, 0.2) is 5.96 Å². The van der Waals surface area contributed by atoms with E-state index in [4.69, 9.17) is 4.99 Å². The molecule has 6 heteroatoms. The summed E-state index contributed by atoms with van der Waals surface area (Å²) in [6, 6.07) is 14.3. The molecule has 0 aliphatic rings. The monoisotopic (exact) mass is 348 g/mol. The van der Waals surface area contributed by atoms with Crippen LogP contribution in [0.5, 0.6) is 0 Å². The van der Waals surface area contributed by atoms with Crippen molar-refractivity contribution in [1.29, 1.82) is 0 Å². The predicted octanol–water partition coefficient (Wildman–Crippen LogP) is 2.78. The fourth-order valence-electron chi connectivity index (χ4n) is 2.57. The Bertz CT molecular complexity index is 850. The molecular weight excluding hydrogens is 324 g/mol. The zero-order chi connectivity index (χ0) is 18.4. The molecule has 0 aliphatic carbocycles. The molecule has 26 heavy (non-hydrogen) atoms. The van der Waals surface area contributed by atoms with Gasteiger partial charge in [-0.1, -0.05) is 36.4 Å². The highest BCUT2D eigenvalue weighted by Crippen LogP contribution is 2.09. The molecule has 0 saturated carbocycles. The number of benzene rings is 1. The molecule has 3 rings (SSSR count). The van der Waals surface area contributed by atoms with E-state index < -0.39 is 0 Å². The zero-order valence-corrected chi connectivity index (χ0v) is 15.4. The van der Waals surface area contributed by atoms with Gasteiger partial charge in [0.1, 0.15) is 11.6 Å². The maximum absolute atomic E-state index is 4.69. The van der Waals surface area contributed by atoms with Gasteiger partial charge >= 0.3 is 0 Å². The molecule has 0 aliphatic heterocycles. The van der Waals surface area contributed by atoms with Crippen LogP contribution in [-0.2, 0) is 13.1 Å². The van der Waals surface area contributed by atoms with Gasteiger partial charge in [-0.3, -0.25) is 4.57 Å². The van der Waals surface area contributed by atoms with Gasteiger partial charge in [0.2, 0.25) is 0 Å². The minimum atomic E-state index is 0.575. The third-order valence-corrected chi connectivity index (χ3v) is 4.01. The van der Waals surface area contributed by atoms with Crippen molar-refractivity contribution in [3.63, 3.8) is 0 Å². The molecule has 0 saturated heterocycles. The number of hydrogen-bond donors (Lipinski definition) is 1. The summed E-state index contributed by atoms with van der Waals surface area (Å²) in [5, 5.41) is 3.39. The van der Waals surface area contributed by atoms with E-state index in [1.807, 2.05) is 67.1 Å². The van der Waals surface area contributed by atoms with Crippen LogP contribution in [0.25, 0.3) is 5.82 Å². The first-order chi connectivity index (χ1) is 12.6. The molecule has 3 aromatic rings. The number of guanidine groups is 1. The Morgan fingerprint density at radius 3 is 2.50 bits per heavy atom. The Balaban J connectivity index is 1.65. The maximum Gasteiger partial charge on any atom is 0.194 e. The second-order valence-electron chi connectivity index (χ2n) is 6.24. The first kappa shape index (κ1) is 17.7. The molecule has 0 unspecified atom stereocenters. The summed E-state index contributed by atoms with van der Waals surface area (Å²) >= 11 is 0. The number of hydrogen-bond acceptors (Lipinski definition) is 3. The minimum Gasteiger partial charge on any atom is -0.352 e. The first-order valence-electron chi connectivity index (χ1n) is 8.58. The van der Waals surface area contributed by atoms with E-state index in [1.165, 1.54) is 5.56 Å². The molecule has 0 bridgehead atoms. The fourth-order valence-corrected chi connectivity index (χ4v) is 2.57. The second kappa shape index (κ2) is 8.29. The van der Waals surface area contributed by atoms with Gasteiger partial charge in [0.25, 0.3) is 0 Å². The van der Waals surface area contributed by atoms with Gasteiger partial charge in [-0.05, 0) is 24.1 Å². The minimum absolute atomic E-state index is 0.575. The highest BCUT2D eigenvalue weighted by molar-refractivity contribution is 5.79. The van der Waals surface area contributed by atoms with Crippen LogP contribution in [0.1, 0.15) is 17.0 Å². The summed E-state index contributed by atoms with van der Waals surface area (Å²) in [7, 11) is 3.97. The van der Waals surface area contributed by atoms with Crippen molar-refractivity contribution < 1.29 is 0 Å². The first-order valence-corrected chi connectivity index (χ1v) is 8.58. The van der Waals surface area contributed by atoms with Crippen LogP contribution in [0.3, 0.4) is 0 Å². The van der Waals surface area contributed by atoms with E-state index in [0.717, 1.165) is 29.7 Å². The molecule has 1 N–H and O–H groups in total. The molecule has 2 aromatic heterocycles. The maximum atomic E-state index is 4.69. The molecule has 1 aromatic carbocycles. The van der Waals surface area contributed by atoms with Crippen molar-refractivity contribution in [2.45, 2.75) is 20.0 Å². The SMILES string of the molecule is Cc1nccn1-c1ccc(CN=C(NCc2ccccc2)N(C)C)cn1. The normalized spacial score (nSPS) is 11.4. The van der Waals surface area contributed by atoms with Gasteiger partial charge in [0.05, 0.1) is 6.54 Å². The van der Waals surface area contributed by atoms with Crippen LogP contribution in [-0.4, -0.2) is 39.5 Å². The lowest BCUT2D eigenvalue weighted by Gasteiger charge is -2.17. The molecular formula is C20H24N6. The lowest BCUT2D eigenvalue weighted by molar-refractivity contribution is 0.578. The molecule has 0 fully saturated rings. The second-order valence-corrected chi connectivity index (χ2v) is 6.24. The van der Waals surface area contributed by atoms with E-state index in [9.17, 15) is 0 Å². The van der Waals surface area contributed by atoms with Crippen molar-refractivity contribution in [2.24, 2.45) is 4.99 Å². The summed E-state index contributed by atoms with van der Waals surface area (Å²) < 4.78 is 1.96. The van der Waals surface area contributed by atoms with Gasteiger partial charge in [-0.15, -0.1) is 0 Å². The average Bonchev–Trinajstić information content (AvgIpc) is 3.09. The molecule has 0 radical (unpaired) electrons. The Morgan fingerprint density at radius 2 is 1.88 bits per heavy atom. The molecule has 0 spiro atoms. The van der Waals surface area contributed by atoms with Crippen molar-refractivity contribution in [2.75, 3.05) is 14.1 Å². The number of pyridine rings is 1. The smallest absolute Gasteiger partial charge is 0.194 e. The van der Waals surface area contributed by atoms with E-state index in [0.29, 0.717) is 6.54 Å². The number of aliphatic imine (C=N–C) groups is 1. The molecule has 0 amide bonds. The van der Waals surface area contributed by atoms with Crippen LogP contribution >= 0.6 is 0 Å². The van der Waals surface area contributed by atoms with Gasteiger partial charge < -0.3 is 10.2 Å². The molecule has 134 valence electrons. The molecule has 0 atom stereocenters. The Kier molecular flexibility index (Phi) is 5.63. The number of nitrogens with one attached hydrogen (secondary N) is 1. The number of nitrogens with zero attached hydrogens (tertiary/aromatic N) is 5.